The van der Waals surface area contributed by atoms with Gasteiger partial charge in [0.25, 0.3) is 5.91 Å². The fraction of sp³-hybridized carbons (Fsp3) is 0.529. The Morgan fingerprint density at radius 1 is 1.32 bits per heavy atom. The summed E-state index contributed by atoms with van der Waals surface area (Å²) in [5, 5.41) is 8.71. The highest BCUT2D eigenvalue weighted by Gasteiger charge is 2.26. The molecule has 2 rings (SSSR count). The summed E-state index contributed by atoms with van der Waals surface area (Å²) in [5.74, 6) is 0.185. The molecule has 1 aliphatic rings. The predicted molar refractivity (Wildman–Crippen MR) is 83.3 cm³/mol. The molecular formula is C17H23NO4. The molecule has 0 spiro atoms. The van der Waals surface area contributed by atoms with Gasteiger partial charge in [-0.3, -0.25) is 4.79 Å². The van der Waals surface area contributed by atoms with Gasteiger partial charge >= 0.3 is 5.97 Å². The normalized spacial score (nSPS) is 17.6. The maximum Gasteiger partial charge on any atom is 0.341 e. The molecule has 22 heavy (non-hydrogen) atoms. The van der Waals surface area contributed by atoms with E-state index in [1.54, 1.807) is 12.1 Å². The second-order valence-corrected chi connectivity index (χ2v) is 5.94. The van der Waals surface area contributed by atoms with Crippen LogP contribution >= 0.6 is 0 Å². The first kappa shape index (κ1) is 16.3. The molecule has 1 atom stereocenters. The Morgan fingerprint density at radius 3 is 2.45 bits per heavy atom. The lowest BCUT2D eigenvalue weighted by molar-refractivity contribution is -0.139. The lowest BCUT2D eigenvalue weighted by Crippen LogP contribution is -2.28. The standard InChI is InChI=1S/C17H23NO4/c1-4-13-5-6-18(9-13)17(21)14-7-11(2)16(12(3)8-14)22-10-15(19)20/h7-8,13H,4-6,9-10H2,1-3H3,(H,19,20). The SMILES string of the molecule is CCC1CCN(C(=O)c2cc(C)c(OCC(=O)O)c(C)c2)C1. The smallest absolute Gasteiger partial charge is 0.341 e. The Kier molecular flexibility index (Phi) is 5.06. The van der Waals surface area contributed by atoms with Crippen LogP contribution in [0, 0.1) is 19.8 Å². The molecule has 0 aliphatic carbocycles. The summed E-state index contributed by atoms with van der Waals surface area (Å²) in [6.45, 7) is 7.08. The fourth-order valence-corrected chi connectivity index (χ4v) is 2.97. The average molecular weight is 305 g/mol. The van der Waals surface area contributed by atoms with Crippen molar-refractivity contribution in [1.82, 2.24) is 4.90 Å². The molecule has 5 nitrogen and oxygen atoms in total. The number of ether oxygens (including phenoxy) is 1. The Hall–Kier alpha value is -2.04. The van der Waals surface area contributed by atoms with Crippen LogP contribution in [0.3, 0.4) is 0 Å². The predicted octanol–water partition coefficient (Wildman–Crippen LogP) is 2.64. The number of hydrogen-bond donors (Lipinski definition) is 1. The number of carboxylic acid groups (broad SMARTS) is 1. The van der Waals surface area contributed by atoms with Gasteiger partial charge in [0, 0.05) is 18.7 Å². The summed E-state index contributed by atoms with van der Waals surface area (Å²) < 4.78 is 5.30. The van der Waals surface area contributed by atoms with E-state index in [9.17, 15) is 9.59 Å². The monoisotopic (exact) mass is 305 g/mol. The first-order valence-electron chi connectivity index (χ1n) is 7.67. The molecule has 1 aromatic rings. The van der Waals surface area contributed by atoms with Crippen molar-refractivity contribution >= 4 is 11.9 Å². The summed E-state index contributed by atoms with van der Waals surface area (Å²) in [6.07, 6.45) is 2.17. The van der Waals surface area contributed by atoms with Crippen molar-refractivity contribution in [3.05, 3.63) is 28.8 Å². The van der Waals surface area contributed by atoms with Crippen LogP contribution < -0.4 is 4.74 Å². The second kappa shape index (κ2) is 6.81. The number of amides is 1. The fourth-order valence-electron chi connectivity index (χ4n) is 2.97. The highest BCUT2D eigenvalue weighted by molar-refractivity contribution is 5.95. The molecule has 1 N–H and O–H groups in total. The van der Waals surface area contributed by atoms with Crippen LogP contribution in [0.1, 0.15) is 41.3 Å². The van der Waals surface area contributed by atoms with E-state index in [1.807, 2.05) is 18.7 Å². The van der Waals surface area contributed by atoms with Crippen molar-refractivity contribution in [2.24, 2.45) is 5.92 Å². The average Bonchev–Trinajstić information content (AvgIpc) is 2.94. The van der Waals surface area contributed by atoms with Gasteiger partial charge in [-0.1, -0.05) is 13.3 Å². The van der Waals surface area contributed by atoms with E-state index in [4.69, 9.17) is 9.84 Å². The zero-order valence-corrected chi connectivity index (χ0v) is 13.4. The van der Waals surface area contributed by atoms with Crippen molar-refractivity contribution in [3.63, 3.8) is 0 Å². The summed E-state index contributed by atoms with van der Waals surface area (Å²) in [6, 6.07) is 3.57. The Bertz CT molecular complexity index is 559. The highest BCUT2D eigenvalue weighted by atomic mass is 16.5. The number of aliphatic carboxylic acids is 1. The number of carboxylic acids is 1. The van der Waals surface area contributed by atoms with E-state index in [0.717, 1.165) is 37.1 Å². The van der Waals surface area contributed by atoms with Gasteiger partial charge in [0.2, 0.25) is 0 Å². The molecule has 120 valence electrons. The Balaban J connectivity index is 2.15. The number of aryl methyl sites for hydroxylation is 2. The van der Waals surface area contributed by atoms with Crippen LogP contribution in [0.4, 0.5) is 0 Å². The molecule has 1 amide bonds. The minimum absolute atomic E-state index is 0.0481. The van der Waals surface area contributed by atoms with E-state index in [-0.39, 0.29) is 12.5 Å². The molecule has 0 bridgehead atoms. The number of carbonyl (C=O) groups excluding carboxylic acids is 1. The summed E-state index contributed by atoms with van der Waals surface area (Å²) in [7, 11) is 0. The molecule has 1 fully saturated rings. The van der Waals surface area contributed by atoms with Gasteiger partial charge in [-0.2, -0.15) is 0 Å². The molecule has 1 unspecified atom stereocenters. The Morgan fingerprint density at radius 2 is 1.95 bits per heavy atom. The summed E-state index contributed by atoms with van der Waals surface area (Å²) >= 11 is 0. The minimum atomic E-state index is -1.01. The Labute approximate surface area is 130 Å². The molecule has 0 saturated carbocycles. The largest absolute Gasteiger partial charge is 0.481 e. The number of likely N-dealkylation sites (tertiary alicyclic amines) is 1. The van der Waals surface area contributed by atoms with E-state index in [2.05, 4.69) is 6.92 Å². The van der Waals surface area contributed by atoms with Gasteiger partial charge in [-0.05, 0) is 49.4 Å². The van der Waals surface area contributed by atoms with Crippen LogP contribution in [-0.4, -0.2) is 41.6 Å². The van der Waals surface area contributed by atoms with Crippen molar-refractivity contribution in [2.75, 3.05) is 19.7 Å². The lowest BCUT2D eigenvalue weighted by atomic mass is 10.0. The van der Waals surface area contributed by atoms with Gasteiger partial charge in [0.05, 0.1) is 0 Å². The number of hydrogen-bond acceptors (Lipinski definition) is 3. The van der Waals surface area contributed by atoms with E-state index < -0.39 is 5.97 Å². The molecule has 0 radical (unpaired) electrons. The first-order chi connectivity index (χ1) is 10.4. The first-order valence-corrected chi connectivity index (χ1v) is 7.67. The zero-order valence-electron chi connectivity index (χ0n) is 13.4. The number of nitrogens with zero attached hydrogens (tertiary/aromatic N) is 1. The molecule has 1 aromatic carbocycles. The van der Waals surface area contributed by atoms with Gasteiger partial charge < -0.3 is 14.7 Å². The van der Waals surface area contributed by atoms with Crippen molar-refractivity contribution in [1.29, 1.82) is 0 Å². The van der Waals surface area contributed by atoms with Gasteiger partial charge in [-0.15, -0.1) is 0 Å². The quantitative estimate of drug-likeness (QED) is 0.908. The number of benzene rings is 1. The van der Waals surface area contributed by atoms with Crippen LogP contribution in [0.2, 0.25) is 0 Å². The third-order valence-corrected chi connectivity index (χ3v) is 4.20. The number of carbonyl (C=O) groups is 2. The highest BCUT2D eigenvalue weighted by Crippen LogP contribution is 2.27. The van der Waals surface area contributed by atoms with Crippen LogP contribution in [0.25, 0.3) is 0 Å². The molecular weight excluding hydrogens is 282 g/mol. The number of rotatable bonds is 5. The second-order valence-electron chi connectivity index (χ2n) is 5.94. The summed E-state index contributed by atoms with van der Waals surface area (Å²) in [5.41, 5.74) is 2.22. The topological polar surface area (TPSA) is 66.8 Å². The van der Waals surface area contributed by atoms with Gasteiger partial charge in [0.15, 0.2) is 6.61 Å². The lowest BCUT2D eigenvalue weighted by Gasteiger charge is -2.18. The zero-order chi connectivity index (χ0) is 16.3. The van der Waals surface area contributed by atoms with Crippen molar-refractivity contribution < 1.29 is 19.4 Å². The van der Waals surface area contributed by atoms with Crippen molar-refractivity contribution in [3.8, 4) is 5.75 Å². The molecule has 0 aromatic heterocycles. The maximum atomic E-state index is 12.6. The van der Waals surface area contributed by atoms with Crippen LogP contribution in [-0.2, 0) is 4.79 Å². The molecule has 1 aliphatic heterocycles. The third kappa shape index (κ3) is 3.59. The maximum absolute atomic E-state index is 12.6. The molecule has 1 saturated heterocycles. The van der Waals surface area contributed by atoms with E-state index >= 15 is 0 Å². The van der Waals surface area contributed by atoms with Crippen LogP contribution in [0.5, 0.6) is 5.75 Å². The third-order valence-electron chi connectivity index (χ3n) is 4.20. The van der Waals surface area contributed by atoms with Gasteiger partial charge in [-0.25, -0.2) is 4.79 Å². The van der Waals surface area contributed by atoms with Crippen molar-refractivity contribution in [2.45, 2.75) is 33.6 Å². The molecule has 5 heteroatoms. The van der Waals surface area contributed by atoms with E-state index in [0.29, 0.717) is 17.2 Å². The van der Waals surface area contributed by atoms with Crippen LogP contribution in [0.15, 0.2) is 12.1 Å². The van der Waals surface area contributed by atoms with Gasteiger partial charge in [0.1, 0.15) is 5.75 Å². The summed E-state index contributed by atoms with van der Waals surface area (Å²) in [4.78, 5) is 25.1. The van der Waals surface area contributed by atoms with E-state index in [1.165, 1.54) is 0 Å². The minimum Gasteiger partial charge on any atom is -0.481 e. The molecule has 1 heterocycles.